The molecule has 0 bridgehead atoms. The summed E-state index contributed by atoms with van der Waals surface area (Å²) in [5, 5.41) is 9.58. The maximum atomic E-state index is 9.31. The van der Waals surface area contributed by atoms with E-state index in [9.17, 15) is 1.37 Å². The minimum Gasteiger partial charge on any atom is -0.456 e. The predicted octanol–water partition coefficient (Wildman–Crippen LogP) is 12.7. The second-order valence-electron chi connectivity index (χ2n) is 11.5. The average Bonchev–Trinajstić information content (AvgIpc) is 3.57. The lowest BCUT2D eigenvalue weighted by Crippen LogP contribution is -1.92. The third kappa shape index (κ3) is 3.50. The minimum atomic E-state index is -0.436. The van der Waals surface area contributed by atoms with E-state index in [1.807, 2.05) is 24.3 Å². The molecule has 0 amide bonds. The van der Waals surface area contributed by atoms with Crippen molar-refractivity contribution in [1.82, 2.24) is 0 Å². The van der Waals surface area contributed by atoms with E-state index < -0.39 is 12.1 Å². The first-order valence-electron chi connectivity index (χ1n) is 18.0. The SMILES string of the molecule is [2H]c1c([2H])c([2H])c2c([2H])c3c(oc4cc(-c5c6ccccc6c(-c6cccc7ccccc67)c6ccccc56)c5ccccc5c43)c([2H])c2c1[2H]. The van der Waals surface area contributed by atoms with Crippen molar-refractivity contribution in [1.29, 1.82) is 0 Å². The standard InChI is InChI=1S/C44H26O/c1-2-14-29-25-40-39(24-28(29)13-1)44-33-18-6-5-17-31(33)38(26-41(44)45-40)43-36-21-9-7-19-34(36)42(35-20-8-10-22-37(35)43)32-23-11-15-27-12-3-4-16-30(27)32/h1-26H/i1D,2D,13D,14D,24D,25D. The van der Waals surface area contributed by atoms with Gasteiger partial charge in [-0.1, -0.05) is 139 Å². The van der Waals surface area contributed by atoms with Crippen LogP contribution in [0.25, 0.3) is 98.1 Å². The highest BCUT2D eigenvalue weighted by Gasteiger charge is 2.21. The van der Waals surface area contributed by atoms with E-state index in [1.165, 1.54) is 16.3 Å². The van der Waals surface area contributed by atoms with Gasteiger partial charge in [-0.05, 0) is 94.3 Å². The van der Waals surface area contributed by atoms with Crippen molar-refractivity contribution in [3.8, 4) is 22.3 Å². The van der Waals surface area contributed by atoms with Gasteiger partial charge in [-0.25, -0.2) is 0 Å². The molecule has 10 aromatic rings. The van der Waals surface area contributed by atoms with E-state index in [2.05, 4.69) is 97.1 Å². The van der Waals surface area contributed by atoms with Gasteiger partial charge in [0.15, 0.2) is 0 Å². The van der Waals surface area contributed by atoms with E-state index >= 15 is 0 Å². The van der Waals surface area contributed by atoms with Crippen LogP contribution in [0.3, 0.4) is 0 Å². The van der Waals surface area contributed by atoms with Gasteiger partial charge >= 0.3 is 0 Å². The van der Waals surface area contributed by atoms with Gasteiger partial charge < -0.3 is 4.42 Å². The van der Waals surface area contributed by atoms with E-state index in [0.717, 1.165) is 49.0 Å². The molecule has 0 spiro atoms. The molecule has 9 aromatic carbocycles. The molecule has 0 saturated carbocycles. The molecule has 0 aliphatic rings. The van der Waals surface area contributed by atoms with Gasteiger partial charge in [0.25, 0.3) is 0 Å². The molecule has 45 heavy (non-hydrogen) atoms. The molecule has 1 nitrogen and oxygen atoms in total. The van der Waals surface area contributed by atoms with Gasteiger partial charge in [-0.15, -0.1) is 0 Å². The number of rotatable bonds is 2. The first-order valence-corrected chi connectivity index (χ1v) is 15.0. The Morgan fingerprint density at radius 2 is 0.933 bits per heavy atom. The summed E-state index contributed by atoms with van der Waals surface area (Å²) < 4.78 is 58.8. The van der Waals surface area contributed by atoms with Crippen molar-refractivity contribution in [2.45, 2.75) is 0 Å². The van der Waals surface area contributed by atoms with Crippen molar-refractivity contribution in [3.63, 3.8) is 0 Å². The maximum Gasteiger partial charge on any atom is 0.136 e. The van der Waals surface area contributed by atoms with Gasteiger partial charge in [0.2, 0.25) is 0 Å². The third-order valence-corrected chi connectivity index (χ3v) is 9.13. The fourth-order valence-corrected chi connectivity index (χ4v) is 7.27. The zero-order valence-corrected chi connectivity index (χ0v) is 24.0. The Bertz CT molecular complexity index is 3100. The van der Waals surface area contributed by atoms with Crippen LogP contribution < -0.4 is 0 Å². The molecule has 0 aliphatic heterocycles. The number of fused-ring (bicyclic) bond motifs is 9. The molecule has 1 heterocycles. The summed E-state index contributed by atoms with van der Waals surface area (Å²) in [4.78, 5) is 0. The number of benzene rings is 9. The Morgan fingerprint density at radius 1 is 0.400 bits per heavy atom. The van der Waals surface area contributed by atoms with E-state index in [4.69, 9.17) is 11.3 Å². The molecular formula is C44H26O. The summed E-state index contributed by atoms with van der Waals surface area (Å²) in [6.07, 6.45) is 0. The van der Waals surface area contributed by atoms with Crippen molar-refractivity contribution in [2.24, 2.45) is 0 Å². The van der Waals surface area contributed by atoms with Crippen molar-refractivity contribution < 1.29 is 12.6 Å². The molecule has 1 aromatic heterocycles. The fourth-order valence-electron chi connectivity index (χ4n) is 7.27. The van der Waals surface area contributed by atoms with Crippen LogP contribution in [0.4, 0.5) is 0 Å². The molecule has 10 rings (SSSR count). The van der Waals surface area contributed by atoms with Gasteiger partial charge in [0.1, 0.15) is 11.2 Å². The van der Waals surface area contributed by atoms with Crippen LogP contribution >= 0.6 is 0 Å². The Balaban J connectivity index is 1.38. The lowest BCUT2D eigenvalue weighted by molar-refractivity contribution is 0.670. The smallest absolute Gasteiger partial charge is 0.136 e. The third-order valence-electron chi connectivity index (χ3n) is 9.13. The molecule has 0 fully saturated rings. The second kappa shape index (κ2) is 9.29. The Labute approximate surface area is 268 Å². The molecule has 0 aliphatic carbocycles. The van der Waals surface area contributed by atoms with Gasteiger partial charge in [-0.2, -0.15) is 0 Å². The molecule has 1 heteroatoms. The number of hydrogen-bond acceptors (Lipinski definition) is 1. The fraction of sp³-hybridized carbons (Fsp3) is 0. The van der Waals surface area contributed by atoms with Crippen LogP contribution in [0.2, 0.25) is 0 Å². The van der Waals surface area contributed by atoms with Crippen LogP contribution in [0.15, 0.2) is 162 Å². The molecule has 0 unspecified atom stereocenters. The Kier molecular flexibility index (Phi) is 4.00. The molecule has 0 saturated heterocycles. The topological polar surface area (TPSA) is 13.1 Å². The normalized spacial score (nSPS) is 13.9. The van der Waals surface area contributed by atoms with Crippen LogP contribution in [0.5, 0.6) is 0 Å². The van der Waals surface area contributed by atoms with Gasteiger partial charge in [0.05, 0.1) is 8.22 Å². The summed E-state index contributed by atoms with van der Waals surface area (Å²) >= 11 is 0. The molecule has 0 N–H and O–H groups in total. The van der Waals surface area contributed by atoms with Crippen LogP contribution in [0, 0.1) is 0 Å². The Morgan fingerprint density at radius 3 is 1.62 bits per heavy atom. The highest BCUT2D eigenvalue weighted by molar-refractivity contribution is 6.29. The zero-order chi connectivity index (χ0) is 34.7. The van der Waals surface area contributed by atoms with E-state index in [-0.39, 0.29) is 40.5 Å². The van der Waals surface area contributed by atoms with Crippen molar-refractivity contribution in [2.75, 3.05) is 0 Å². The molecular weight excluding hydrogens is 544 g/mol. The average molecular weight is 577 g/mol. The summed E-state index contributed by atoms with van der Waals surface area (Å²) in [5.74, 6) is 0. The predicted molar refractivity (Wildman–Crippen MR) is 192 cm³/mol. The highest BCUT2D eigenvalue weighted by atomic mass is 16.3. The largest absolute Gasteiger partial charge is 0.456 e. The van der Waals surface area contributed by atoms with Crippen LogP contribution in [-0.2, 0) is 0 Å². The summed E-state index contributed by atoms with van der Waals surface area (Å²) in [6.45, 7) is 0. The lowest BCUT2D eigenvalue weighted by atomic mass is 9.83. The molecule has 208 valence electrons. The maximum absolute atomic E-state index is 9.31. The first-order chi connectivity index (χ1) is 24.8. The number of hydrogen-bond donors (Lipinski definition) is 0. The van der Waals surface area contributed by atoms with Crippen LogP contribution in [-0.4, -0.2) is 0 Å². The molecule has 0 atom stereocenters. The quantitative estimate of drug-likeness (QED) is 0.187. The summed E-state index contributed by atoms with van der Waals surface area (Å²) in [5.41, 5.74) is 4.94. The second-order valence-corrected chi connectivity index (χ2v) is 11.5. The minimum absolute atomic E-state index is 0.0110. The van der Waals surface area contributed by atoms with Gasteiger partial charge in [-0.3, -0.25) is 0 Å². The monoisotopic (exact) mass is 576 g/mol. The van der Waals surface area contributed by atoms with Crippen LogP contribution in [0.1, 0.15) is 8.22 Å². The van der Waals surface area contributed by atoms with E-state index in [1.54, 1.807) is 0 Å². The van der Waals surface area contributed by atoms with Crippen molar-refractivity contribution in [3.05, 3.63) is 158 Å². The summed E-state index contributed by atoms with van der Waals surface area (Å²) in [6, 6.07) is 40.2. The number of furan rings is 1. The molecule has 0 radical (unpaired) electrons. The summed E-state index contributed by atoms with van der Waals surface area (Å²) in [7, 11) is 0. The van der Waals surface area contributed by atoms with Gasteiger partial charge in [0, 0.05) is 10.8 Å². The van der Waals surface area contributed by atoms with E-state index in [0.29, 0.717) is 16.4 Å². The first kappa shape index (κ1) is 19.4. The lowest BCUT2D eigenvalue weighted by Gasteiger charge is -2.19. The highest BCUT2D eigenvalue weighted by Crippen LogP contribution is 2.48. The van der Waals surface area contributed by atoms with Crippen molar-refractivity contribution >= 4 is 75.8 Å². The Hall–Kier alpha value is -5.92. The zero-order valence-electron chi connectivity index (χ0n) is 30.0.